The molecule has 4 aromatic rings. The second-order valence-corrected chi connectivity index (χ2v) is 8.60. The van der Waals surface area contributed by atoms with Gasteiger partial charge in [-0.25, -0.2) is 9.87 Å². The lowest BCUT2D eigenvalue weighted by Gasteiger charge is -2.22. The van der Waals surface area contributed by atoms with Gasteiger partial charge in [-0.3, -0.25) is 19.9 Å². The van der Waals surface area contributed by atoms with Gasteiger partial charge in [0, 0.05) is 17.7 Å². The van der Waals surface area contributed by atoms with E-state index in [2.05, 4.69) is 20.7 Å². The first kappa shape index (κ1) is 25.7. The van der Waals surface area contributed by atoms with Gasteiger partial charge in [0.15, 0.2) is 0 Å². The molecule has 0 unspecified atom stereocenters. The maximum Gasteiger partial charge on any atom is 0.251 e. The molecule has 9 nitrogen and oxygen atoms in total. The topological polar surface area (TPSA) is 140 Å². The van der Waals surface area contributed by atoms with Crippen molar-refractivity contribution in [2.24, 2.45) is 5.92 Å². The van der Waals surface area contributed by atoms with Gasteiger partial charge < -0.3 is 10.4 Å². The Hall–Kier alpha value is -4.41. The Balaban J connectivity index is 1.51. The minimum absolute atomic E-state index is 0.0206. The number of aliphatic hydroxyl groups excluding tert-OH is 1. The second-order valence-electron chi connectivity index (χ2n) is 8.60. The van der Waals surface area contributed by atoms with Crippen molar-refractivity contribution in [2.75, 3.05) is 0 Å². The molecule has 2 amide bonds. The maximum absolute atomic E-state index is 13.3. The fourth-order valence-electron chi connectivity index (χ4n) is 4.06. The Morgan fingerprint density at radius 2 is 1.54 bits per heavy atom. The minimum atomic E-state index is -0.713. The first-order chi connectivity index (χ1) is 18.0. The van der Waals surface area contributed by atoms with E-state index in [1.54, 1.807) is 5.48 Å². The van der Waals surface area contributed by atoms with Gasteiger partial charge in [-0.15, -0.1) is 5.10 Å². The molecule has 0 spiro atoms. The molecular weight excluding hydrogens is 477 g/mol. The second kappa shape index (κ2) is 12.0. The van der Waals surface area contributed by atoms with Crippen molar-refractivity contribution in [1.29, 1.82) is 0 Å². The summed E-state index contributed by atoms with van der Waals surface area (Å²) in [4.78, 5) is 25.4. The van der Waals surface area contributed by atoms with E-state index < -0.39 is 29.6 Å². The van der Waals surface area contributed by atoms with Crippen LogP contribution >= 0.6 is 0 Å². The lowest BCUT2D eigenvalue weighted by molar-refractivity contribution is -0.133. The zero-order valence-corrected chi connectivity index (χ0v) is 19.8. The summed E-state index contributed by atoms with van der Waals surface area (Å²) in [6.45, 7) is -0.0206. The Morgan fingerprint density at radius 3 is 2.08 bits per heavy atom. The van der Waals surface area contributed by atoms with Gasteiger partial charge in [0.1, 0.15) is 11.5 Å². The highest BCUT2D eigenvalue weighted by Gasteiger charge is 2.27. The van der Waals surface area contributed by atoms with Gasteiger partial charge in [-0.2, -0.15) is 0 Å². The van der Waals surface area contributed by atoms with Crippen LogP contribution in [-0.2, 0) is 17.8 Å². The predicted octanol–water partition coefficient (Wildman–Crippen LogP) is 3.33. The van der Waals surface area contributed by atoms with E-state index in [1.165, 1.54) is 30.5 Å². The smallest absolute Gasteiger partial charge is 0.251 e. The third-order valence-corrected chi connectivity index (χ3v) is 6.11. The first-order valence-corrected chi connectivity index (χ1v) is 11.6. The molecular formula is C27H26FN5O4. The quantitative estimate of drug-likeness (QED) is 0.166. The number of benzene rings is 3. The van der Waals surface area contributed by atoms with Gasteiger partial charge in [0.05, 0.1) is 12.6 Å². The molecule has 190 valence electrons. The summed E-state index contributed by atoms with van der Waals surface area (Å²) in [5.41, 5.74) is 6.02. The zero-order valence-electron chi connectivity index (χ0n) is 19.8. The fraction of sp³-hybridized carbons (Fsp3) is 0.185. The number of nitrogens with zero attached hydrogens (tertiary/aromatic N) is 2. The monoisotopic (exact) mass is 503 g/mol. The highest BCUT2D eigenvalue weighted by molar-refractivity contribution is 5.94. The number of hydrogen-bond donors (Lipinski definition) is 5. The van der Waals surface area contributed by atoms with Gasteiger partial charge in [-0.05, 0) is 59.4 Å². The van der Waals surface area contributed by atoms with Crippen molar-refractivity contribution in [1.82, 2.24) is 26.2 Å². The SMILES string of the molecule is O=C(N[C@H](C[C@H](Cc1ccc(-c2ccc(CO)cc2)cc1)C(=O)NO)c1c[nH]nn1)c1ccc(F)cc1. The Morgan fingerprint density at radius 1 is 0.919 bits per heavy atom. The molecule has 1 aromatic heterocycles. The maximum atomic E-state index is 13.3. The summed E-state index contributed by atoms with van der Waals surface area (Å²) in [5, 5.41) is 31.7. The first-order valence-electron chi connectivity index (χ1n) is 11.6. The number of carbonyl (C=O) groups excluding carboxylic acids is 2. The van der Waals surface area contributed by atoms with Crippen LogP contribution in [0.4, 0.5) is 4.39 Å². The van der Waals surface area contributed by atoms with Crippen molar-refractivity contribution in [3.63, 3.8) is 0 Å². The number of amides is 2. The molecule has 0 saturated heterocycles. The molecule has 37 heavy (non-hydrogen) atoms. The van der Waals surface area contributed by atoms with Gasteiger partial charge in [0.25, 0.3) is 5.91 Å². The molecule has 5 N–H and O–H groups in total. The number of nitrogens with one attached hydrogen (secondary N) is 3. The fourth-order valence-corrected chi connectivity index (χ4v) is 4.06. The molecule has 0 fully saturated rings. The summed E-state index contributed by atoms with van der Waals surface area (Å²) < 4.78 is 13.3. The van der Waals surface area contributed by atoms with Gasteiger partial charge >= 0.3 is 0 Å². The number of hydrogen-bond acceptors (Lipinski definition) is 6. The molecule has 2 atom stereocenters. The lowest BCUT2D eigenvalue weighted by Crippen LogP contribution is -2.35. The molecule has 0 aliphatic carbocycles. The van der Waals surface area contributed by atoms with Crippen LogP contribution in [0.1, 0.15) is 39.6 Å². The van der Waals surface area contributed by atoms with E-state index in [1.807, 2.05) is 48.5 Å². The summed E-state index contributed by atoms with van der Waals surface area (Å²) in [6, 6.07) is 19.6. The third kappa shape index (κ3) is 6.63. The summed E-state index contributed by atoms with van der Waals surface area (Å²) >= 11 is 0. The number of rotatable bonds is 10. The van der Waals surface area contributed by atoms with Crippen LogP contribution in [0.5, 0.6) is 0 Å². The number of aliphatic hydroxyl groups is 1. The van der Waals surface area contributed by atoms with E-state index >= 15 is 0 Å². The van der Waals surface area contributed by atoms with Crippen molar-refractivity contribution in [3.8, 4) is 11.1 Å². The average molecular weight is 504 g/mol. The Kier molecular flexibility index (Phi) is 8.34. The Labute approximate surface area is 212 Å². The standard InChI is InChI=1S/C27H26FN5O4/c28-23-11-9-21(10-12-23)26(35)30-24(25-15-29-33-31-25)14-22(27(36)32-37)13-17-1-5-19(6-2-17)20-7-3-18(16-34)4-8-20/h1-12,15,22,24,34,37H,13-14,16H2,(H,30,35)(H,32,36)(H,29,31,33)/t22-,24+/m0/s1. The third-order valence-electron chi connectivity index (χ3n) is 6.11. The van der Waals surface area contributed by atoms with E-state index in [-0.39, 0.29) is 25.0 Å². The molecule has 0 bridgehead atoms. The number of aromatic amines is 1. The largest absolute Gasteiger partial charge is 0.392 e. The van der Waals surface area contributed by atoms with Crippen molar-refractivity contribution in [3.05, 3.63) is 107 Å². The number of H-pyrrole nitrogens is 1. The number of aromatic nitrogens is 3. The van der Waals surface area contributed by atoms with Crippen molar-refractivity contribution >= 4 is 11.8 Å². The summed E-state index contributed by atoms with van der Waals surface area (Å²) in [7, 11) is 0. The average Bonchev–Trinajstić information content (AvgIpc) is 3.48. The van der Waals surface area contributed by atoms with E-state index in [0.717, 1.165) is 22.3 Å². The molecule has 1 heterocycles. The normalized spacial score (nSPS) is 12.5. The van der Waals surface area contributed by atoms with Crippen LogP contribution < -0.4 is 10.8 Å². The van der Waals surface area contributed by atoms with Crippen LogP contribution in [0.25, 0.3) is 11.1 Å². The van der Waals surface area contributed by atoms with E-state index in [4.69, 9.17) is 0 Å². The number of carbonyl (C=O) groups is 2. The molecule has 3 aromatic carbocycles. The molecule has 0 aliphatic heterocycles. The molecule has 10 heteroatoms. The van der Waals surface area contributed by atoms with Crippen molar-refractivity contribution in [2.45, 2.75) is 25.5 Å². The van der Waals surface area contributed by atoms with Crippen LogP contribution in [0.15, 0.2) is 79.0 Å². The number of hydroxylamine groups is 1. The van der Waals surface area contributed by atoms with Crippen LogP contribution in [0.2, 0.25) is 0 Å². The predicted molar refractivity (Wildman–Crippen MR) is 133 cm³/mol. The molecule has 4 rings (SSSR count). The summed E-state index contributed by atoms with van der Waals surface area (Å²) in [6.07, 6.45) is 1.92. The summed E-state index contributed by atoms with van der Waals surface area (Å²) in [5.74, 6) is -2.24. The van der Waals surface area contributed by atoms with Gasteiger partial charge in [0.2, 0.25) is 5.91 Å². The minimum Gasteiger partial charge on any atom is -0.392 e. The van der Waals surface area contributed by atoms with E-state index in [0.29, 0.717) is 5.69 Å². The Bertz CT molecular complexity index is 1310. The van der Waals surface area contributed by atoms with Crippen molar-refractivity contribution < 1.29 is 24.3 Å². The van der Waals surface area contributed by atoms with Crippen LogP contribution in [0, 0.1) is 11.7 Å². The van der Waals surface area contributed by atoms with Gasteiger partial charge in [-0.1, -0.05) is 53.7 Å². The van der Waals surface area contributed by atoms with Crippen LogP contribution in [0.3, 0.4) is 0 Å². The number of halogens is 1. The highest BCUT2D eigenvalue weighted by Crippen LogP contribution is 2.26. The highest BCUT2D eigenvalue weighted by atomic mass is 19.1. The van der Waals surface area contributed by atoms with E-state index in [9.17, 15) is 24.3 Å². The lowest BCUT2D eigenvalue weighted by atomic mass is 9.90. The molecule has 0 saturated carbocycles. The zero-order chi connectivity index (χ0) is 26.2. The van der Waals surface area contributed by atoms with Crippen LogP contribution in [-0.4, -0.2) is 37.5 Å². The molecule has 0 radical (unpaired) electrons. The molecule has 0 aliphatic rings.